The van der Waals surface area contributed by atoms with Gasteiger partial charge in [-0.15, -0.1) is 0 Å². The van der Waals surface area contributed by atoms with E-state index >= 15 is 0 Å². The lowest BCUT2D eigenvalue weighted by molar-refractivity contribution is 1.17. The molecule has 3 aromatic carbocycles. The highest BCUT2D eigenvalue weighted by Crippen LogP contribution is 2.31. The molecule has 0 fully saturated rings. The lowest BCUT2D eigenvalue weighted by atomic mass is 10.1. The molecule has 0 saturated heterocycles. The Balaban J connectivity index is 2.04. The summed E-state index contributed by atoms with van der Waals surface area (Å²) in [7, 11) is 0. The molecule has 2 heteroatoms. The van der Waals surface area contributed by atoms with Crippen LogP contribution in [-0.2, 0) is 0 Å². The molecule has 0 amide bonds. The van der Waals surface area contributed by atoms with Gasteiger partial charge in [0.25, 0.3) is 0 Å². The minimum absolute atomic E-state index is 0.994. The molecule has 0 unspecified atom stereocenters. The fourth-order valence-electron chi connectivity index (χ4n) is 3.51. The average Bonchev–Trinajstić information content (AvgIpc) is 3.01. The second-order valence-corrected chi connectivity index (χ2v) is 6.25. The topological polar surface area (TPSA) is 17.3 Å². The van der Waals surface area contributed by atoms with Gasteiger partial charge >= 0.3 is 0 Å². The highest BCUT2D eigenvalue weighted by Gasteiger charge is 2.13. The lowest BCUT2D eigenvalue weighted by Crippen LogP contribution is -1.97. The van der Waals surface area contributed by atoms with Crippen LogP contribution >= 0.6 is 0 Å². The molecule has 5 rings (SSSR count). The molecule has 0 bridgehead atoms. The predicted molar refractivity (Wildman–Crippen MR) is 100 cm³/mol. The summed E-state index contributed by atoms with van der Waals surface area (Å²) in [5.74, 6) is 0.994. The van der Waals surface area contributed by atoms with Crippen LogP contribution in [0.3, 0.4) is 0 Å². The van der Waals surface area contributed by atoms with E-state index in [1.165, 1.54) is 27.4 Å². The van der Waals surface area contributed by atoms with Gasteiger partial charge < -0.3 is 0 Å². The molecule has 2 aromatic heterocycles. The van der Waals surface area contributed by atoms with E-state index < -0.39 is 0 Å². The van der Waals surface area contributed by atoms with Gasteiger partial charge in [0.15, 0.2) is 0 Å². The molecule has 0 radical (unpaired) electrons. The minimum atomic E-state index is 0.994. The lowest BCUT2D eigenvalue weighted by Gasteiger charge is -2.10. The number of hydrogen-bond donors (Lipinski definition) is 0. The van der Waals surface area contributed by atoms with Gasteiger partial charge in [0.05, 0.1) is 16.6 Å². The normalized spacial score (nSPS) is 11.5. The average molecular weight is 308 g/mol. The Morgan fingerprint density at radius 2 is 1.58 bits per heavy atom. The van der Waals surface area contributed by atoms with Crippen LogP contribution in [0.1, 0.15) is 5.56 Å². The van der Waals surface area contributed by atoms with E-state index in [0.717, 1.165) is 16.9 Å². The summed E-state index contributed by atoms with van der Waals surface area (Å²) in [5.41, 5.74) is 5.82. The van der Waals surface area contributed by atoms with E-state index in [0.29, 0.717) is 0 Å². The molecule has 0 aliphatic carbocycles. The third kappa shape index (κ3) is 1.86. The van der Waals surface area contributed by atoms with Gasteiger partial charge in [-0.1, -0.05) is 60.2 Å². The number of para-hydroxylation sites is 2. The molecule has 24 heavy (non-hydrogen) atoms. The van der Waals surface area contributed by atoms with Gasteiger partial charge in [0, 0.05) is 16.3 Å². The number of aryl methyl sites for hydroxylation is 1. The summed E-state index contributed by atoms with van der Waals surface area (Å²) in [6.45, 7) is 2.12. The van der Waals surface area contributed by atoms with Crippen LogP contribution in [0.15, 0.2) is 78.9 Å². The molecular formula is C22H16N2. The zero-order valence-electron chi connectivity index (χ0n) is 13.4. The standard InChI is InChI=1S/C22H16N2/c1-15-7-6-9-17(13-15)22-23-19-11-4-3-10-18(19)21-14-16-8-2-5-12-20(16)24(21)22/h2-14H,1H3. The van der Waals surface area contributed by atoms with E-state index in [2.05, 4.69) is 90.2 Å². The number of rotatable bonds is 1. The van der Waals surface area contributed by atoms with Crippen LogP contribution in [-0.4, -0.2) is 9.38 Å². The molecule has 0 saturated carbocycles. The Hall–Kier alpha value is -3.13. The third-order valence-corrected chi connectivity index (χ3v) is 4.61. The summed E-state index contributed by atoms with van der Waals surface area (Å²) in [4.78, 5) is 5.00. The van der Waals surface area contributed by atoms with Crippen molar-refractivity contribution >= 4 is 27.3 Å². The summed E-state index contributed by atoms with van der Waals surface area (Å²) in [6, 6.07) is 27.7. The van der Waals surface area contributed by atoms with Crippen molar-refractivity contribution < 1.29 is 0 Å². The van der Waals surface area contributed by atoms with Gasteiger partial charge in [-0.25, -0.2) is 4.98 Å². The maximum Gasteiger partial charge on any atom is 0.145 e. The van der Waals surface area contributed by atoms with Crippen molar-refractivity contribution in [3.63, 3.8) is 0 Å². The van der Waals surface area contributed by atoms with E-state index in [-0.39, 0.29) is 0 Å². The molecular weight excluding hydrogens is 292 g/mol. The molecule has 5 aromatic rings. The minimum Gasteiger partial charge on any atom is -0.293 e. The molecule has 2 nitrogen and oxygen atoms in total. The summed E-state index contributed by atoms with van der Waals surface area (Å²) in [5, 5.41) is 2.43. The Morgan fingerprint density at radius 3 is 2.50 bits per heavy atom. The van der Waals surface area contributed by atoms with Crippen LogP contribution in [0.4, 0.5) is 0 Å². The van der Waals surface area contributed by atoms with E-state index in [1.807, 2.05) is 0 Å². The van der Waals surface area contributed by atoms with Crippen LogP contribution in [0, 0.1) is 6.92 Å². The van der Waals surface area contributed by atoms with Crippen LogP contribution in [0.5, 0.6) is 0 Å². The first-order valence-electron chi connectivity index (χ1n) is 8.17. The second-order valence-electron chi connectivity index (χ2n) is 6.25. The Labute approximate surface area is 140 Å². The zero-order chi connectivity index (χ0) is 16.1. The number of nitrogens with zero attached hydrogens (tertiary/aromatic N) is 2. The second kappa shape index (κ2) is 4.93. The fraction of sp³-hybridized carbons (Fsp3) is 0.0455. The first-order valence-corrected chi connectivity index (χ1v) is 8.17. The largest absolute Gasteiger partial charge is 0.293 e. The fourth-order valence-corrected chi connectivity index (χ4v) is 3.51. The van der Waals surface area contributed by atoms with Gasteiger partial charge in [0.2, 0.25) is 0 Å². The van der Waals surface area contributed by atoms with Gasteiger partial charge in [0.1, 0.15) is 5.82 Å². The van der Waals surface area contributed by atoms with Gasteiger partial charge in [-0.2, -0.15) is 0 Å². The van der Waals surface area contributed by atoms with Crippen molar-refractivity contribution in [2.24, 2.45) is 0 Å². The van der Waals surface area contributed by atoms with E-state index in [1.54, 1.807) is 0 Å². The zero-order valence-corrected chi connectivity index (χ0v) is 13.4. The van der Waals surface area contributed by atoms with Crippen molar-refractivity contribution in [3.05, 3.63) is 84.4 Å². The maximum absolute atomic E-state index is 5.00. The van der Waals surface area contributed by atoms with E-state index in [4.69, 9.17) is 4.98 Å². The first kappa shape index (κ1) is 13.3. The number of aromatic nitrogens is 2. The molecule has 0 aliphatic heterocycles. The van der Waals surface area contributed by atoms with Crippen molar-refractivity contribution in [2.75, 3.05) is 0 Å². The monoisotopic (exact) mass is 308 g/mol. The maximum atomic E-state index is 5.00. The Bertz CT molecular complexity index is 1210. The number of hydrogen-bond acceptors (Lipinski definition) is 1. The Morgan fingerprint density at radius 1 is 0.750 bits per heavy atom. The smallest absolute Gasteiger partial charge is 0.145 e. The van der Waals surface area contributed by atoms with Crippen molar-refractivity contribution in [1.29, 1.82) is 0 Å². The van der Waals surface area contributed by atoms with Gasteiger partial charge in [-0.3, -0.25) is 4.40 Å². The summed E-state index contributed by atoms with van der Waals surface area (Å²) < 4.78 is 2.28. The summed E-state index contributed by atoms with van der Waals surface area (Å²) >= 11 is 0. The molecule has 0 spiro atoms. The van der Waals surface area contributed by atoms with E-state index in [9.17, 15) is 0 Å². The quantitative estimate of drug-likeness (QED) is 0.393. The summed E-state index contributed by atoms with van der Waals surface area (Å²) in [6.07, 6.45) is 0. The number of benzene rings is 3. The first-order chi connectivity index (χ1) is 11.8. The number of fused-ring (bicyclic) bond motifs is 5. The predicted octanol–water partition coefficient (Wildman–Crippen LogP) is 5.62. The molecule has 0 atom stereocenters. The van der Waals surface area contributed by atoms with Crippen molar-refractivity contribution in [1.82, 2.24) is 9.38 Å². The van der Waals surface area contributed by atoms with Gasteiger partial charge in [-0.05, 0) is 31.2 Å². The molecule has 0 aliphatic rings. The van der Waals surface area contributed by atoms with Crippen LogP contribution in [0.2, 0.25) is 0 Å². The molecule has 114 valence electrons. The van der Waals surface area contributed by atoms with Crippen molar-refractivity contribution in [3.8, 4) is 11.4 Å². The molecule has 0 N–H and O–H groups in total. The highest BCUT2D eigenvalue weighted by molar-refractivity contribution is 6.02. The highest BCUT2D eigenvalue weighted by atomic mass is 15.0. The Kier molecular flexibility index (Phi) is 2.74. The van der Waals surface area contributed by atoms with Crippen molar-refractivity contribution in [2.45, 2.75) is 6.92 Å². The van der Waals surface area contributed by atoms with Crippen LogP contribution in [0.25, 0.3) is 38.7 Å². The third-order valence-electron chi connectivity index (χ3n) is 4.61. The molecule has 2 heterocycles. The SMILES string of the molecule is Cc1cccc(-c2nc3ccccc3c3cc4ccccc4n23)c1. The van der Waals surface area contributed by atoms with Crippen LogP contribution < -0.4 is 0 Å².